The van der Waals surface area contributed by atoms with Crippen molar-refractivity contribution in [2.75, 3.05) is 12.9 Å². The molecule has 0 saturated carbocycles. The predicted molar refractivity (Wildman–Crippen MR) is 79.1 cm³/mol. The van der Waals surface area contributed by atoms with Crippen LogP contribution >= 0.6 is 11.8 Å². The molecule has 0 saturated heterocycles. The van der Waals surface area contributed by atoms with Crippen molar-refractivity contribution in [3.05, 3.63) is 29.8 Å². The molecule has 0 radical (unpaired) electrons. The lowest BCUT2D eigenvalue weighted by atomic mass is 10.2. The Morgan fingerprint density at radius 3 is 2.81 bits per heavy atom. The van der Waals surface area contributed by atoms with Crippen LogP contribution in [0.5, 0.6) is 5.75 Å². The summed E-state index contributed by atoms with van der Waals surface area (Å²) in [5.74, 6) is 1.03. The zero-order chi connectivity index (χ0) is 15.1. The van der Waals surface area contributed by atoms with E-state index in [1.807, 2.05) is 31.2 Å². The van der Waals surface area contributed by atoms with Crippen molar-refractivity contribution in [3.63, 3.8) is 0 Å². The number of rotatable bonds is 7. The molecule has 1 N–H and O–H groups in total. The minimum atomic E-state index is -0.0542. The number of nitrogens with one attached hydrogen (secondary N) is 1. The van der Waals surface area contributed by atoms with Crippen LogP contribution in [-0.4, -0.2) is 39.0 Å². The Balaban J connectivity index is 1.76. The van der Waals surface area contributed by atoms with Gasteiger partial charge in [0.15, 0.2) is 0 Å². The van der Waals surface area contributed by atoms with Gasteiger partial charge < -0.3 is 10.1 Å². The van der Waals surface area contributed by atoms with Crippen LogP contribution in [0, 0.1) is 0 Å². The molecule has 1 amide bonds. The molecular weight excluding hydrogens is 290 g/mol. The maximum atomic E-state index is 11.8. The third-order valence-electron chi connectivity index (χ3n) is 2.78. The van der Waals surface area contributed by atoms with E-state index in [1.165, 1.54) is 11.8 Å². The zero-order valence-electron chi connectivity index (χ0n) is 11.9. The van der Waals surface area contributed by atoms with Gasteiger partial charge in [-0.2, -0.15) is 0 Å². The van der Waals surface area contributed by atoms with E-state index < -0.39 is 0 Å². The third-order valence-corrected chi connectivity index (χ3v) is 3.74. The average Bonchev–Trinajstić information content (AvgIpc) is 2.99. The van der Waals surface area contributed by atoms with Crippen molar-refractivity contribution in [1.82, 2.24) is 25.5 Å². The Kier molecular flexibility index (Phi) is 5.56. The fraction of sp³-hybridized carbons (Fsp3) is 0.385. The van der Waals surface area contributed by atoms with E-state index >= 15 is 0 Å². The highest BCUT2D eigenvalue weighted by Crippen LogP contribution is 2.13. The first-order valence-corrected chi connectivity index (χ1v) is 7.50. The average molecular weight is 307 g/mol. The zero-order valence-corrected chi connectivity index (χ0v) is 12.8. The van der Waals surface area contributed by atoms with Crippen LogP contribution in [0.2, 0.25) is 0 Å². The number of tetrazole rings is 1. The first-order chi connectivity index (χ1) is 10.2. The van der Waals surface area contributed by atoms with Crippen LogP contribution in [0.3, 0.4) is 0 Å². The van der Waals surface area contributed by atoms with Gasteiger partial charge in [-0.1, -0.05) is 23.9 Å². The van der Waals surface area contributed by atoms with E-state index in [0.29, 0.717) is 18.2 Å². The second-order valence-corrected chi connectivity index (χ2v) is 5.13. The Bertz CT molecular complexity index is 585. The first-order valence-electron chi connectivity index (χ1n) is 6.51. The lowest BCUT2D eigenvalue weighted by Gasteiger charge is -2.06. The Hall–Kier alpha value is -2.09. The SMILES string of the molecule is CCn1nnnc1SCC(=O)NCc1ccc(OC)cc1. The number of thioether (sulfide) groups is 1. The summed E-state index contributed by atoms with van der Waals surface area (Å²) < 4.78 is 6.74. The van der Waals surface area contributed by atoms with E-state index in [1.54, 1.807) is 11.8 Å². The standard InChI is InChI=1S/C13H17N5O2S/c1-3-18-13(15-16-17-18)21-9-12(19)14-8-10-4-6-11(20-2)7-5-10/h4-7H,3,8-9H2,1-2H3,(H,14,19). The summed E-state index contributed by atoms with van der Waals surface area (Å²) in [4.78, 5) is 11.8. The molecule has 1 aromatic heterocycles. The molecule has 0 atom stereocenters. The van der Waals surface area contributed by atoms with Gasteiger partial charge in [-0.05, 0) is 35.0 Å². The van der Waals surface area contributed by atoms with Crippen molar-refractivity contribution in [3.8, 4) is 5.75 Å². The Labute approximate surface area is 127 Å². The van der Waals surface area contributed by atoms with Gasteiger partial charge in [0.05, 0.1) is 12.9 Å². The number of carbonyl (C=O) groups is 1. The van der Waals surface area contributed by atoms with Gasteiger partial charge in [-0.15, -0.1) is 5.10 Å². The predicted octanol–water partition coefficient (Wildman–Crippen LogP) is 1.11. The van der Waals surface area contributed by atoms with Crippen molar-refractivity contribution in [1.29, 1.82) is 0 Å². The summed E-state index contributed by atoms with van der Waals surface area (Å²) in [6, 6.07) is 7.57. The molecule has 0 spiro atoms. The van der Waals surface area contributed by atoms with E-state index in [4.69, 9.17) is 4.74 Å². The molecule has 0 bridgehead atoms. The molecule has 1 aromatic carbocycles. The van der Waals surface area contributed by atoms with E-state index in [2.05, 4.69) is 20.8 Å². The molecule has 2 rings (SSSR count). The Morgan fingerprint density at radius 2 is 2.14 bits per heavy atom. The number of amides is 1. The highest BCUT2D eigenvalue weighted by molar-refractivity contribution is 7.99. The smallest absolute Gasteiger partial charge is 0.230 e. The molecule has 1 heterocycles. The van der Waals surface area contributed by atoms with Crippen LogP contribution in [0.4, 0.5) is 0 Å². The second kappa shape index (κ2) is 7.63. The van der Waals surface area contributed by atoms with Gasteiger partial charge in [-0.25, -0.2) is 4.68 Å². The first kappa shape index (κ1) is 15.3. The number of ether oxygens (including phenoxy) is 1. The quantitative estimate of drug-likeness (QED) is 0.772. The van der Waals surface area contributed by atoms with Crippen LogP contribution < -0.4 is 10.1 Å². The lowest BCUT2D eigenvalue weighted by Crippen LogP contribution is -2.24. The fourth-order valence-electron chi connectivity index (χ4n) is 1.62. The molecule has 8 heteroatoms. The number of hydrogen-bond donors (Lipinski definition) is 1. The van der Waals surface area contributed by atoms with Crippen molar-refractivity contribution < 1.29 is 9.53 Å². The molecule has 0 aliphatic carbocycles. The van der Waals surface area contributed by atoms with Gasteiger partial charge in [0, 0.05) is 13.1 Å². The maximum Gasteiger partial charge on any atom is 0.230 e. The number of methoxy groups -OCH3 is 1. The number of aromatic nitrogens is 4. The number of nitrogens with zero attached hydrogens (tertiary/aromatic N) is 4. The number of carbonyl (C=O) groups excluding carboxylic acids is 1. The maximum absolute atomic E-state index is 11.8. The monoisotopic (exact) mass is 307 g/mol. The number of aryl methyl sites for hydroxylation is 1. The molecular formula is C13H17N5O2S. The van der Waals surface area contributed by atoms with Crippen molar-refractivity contribution in [2.24, 2.45) is 0 Å². The minimum absolute atomic E-state index is 0.0542. The topological polar surface area (TPSA) is 81.9 Å². The molecule has 0 aliphatic heterocycles. The third kappa shape index (κ3) is 4.45. The van der Waals surface area contributed by atoms with Crippen molar-refractivity contribution in [2.45, 2.75) is 25.2 Å². The highest BCUT2D eigenvalue weighted by atomic mass is 32.2. The van der Waals surface area contributed by atoms with Crippen LogP contribution in [0.15, 0.2) is 29.4 Å². The summed E-state index contributed by atoms with van der Waals surface area (Å²) in [5, 5.41) is 14.8. The summed E-state index contributed by atoms with van der Waals surface area (Å²) in [7, 11) is 1.62. The van der Waals surface area contributed by atoms with Crippen molar-refractivity contribution >= 4 is 17.7 Å². The van der Waals surface area contributed by atoms with Gasteiger partial charge in [0.1, 0.15) is 5.75 Å². The molecule has 112 valence electrons. The summed E-state index contributed by atoms with van der Waals surface area (Å²) in [6.07, 6.45) is 0. The van der Waals surface area contributed by atoms with Gasteiger partial charge in [-0.3, -0.25) is 4.79 Å². The van der Waals surface area contributed by atoms with Gasteiger partial charge in [0.2, 0.25) is 11.1 Å². The molecule has 0 aliphatic rings. The second-order valence-electron chi connectivity index (χ2n) is 4.19. The largest absolute Gasteiger partial charge is 0.497 e. The summed E-state index contributed by atoms with van der Waals surface area (Å²) >= 11 is 1.32. The lowest BCUT2D eigenvalue weighted by molar-refractivity contribution is -0.118. The number of hydrogen-bond acceptors (Lipinski definition) is 6. The minimum Gasteiger partial charge on any atom is -0.497 e. The molecule has 21 heavy (non-hydrogen) atoms. The van der Waals surface area contributed by atoms with Crippen LogP contribution in [0.25, 0.3) is 0 Å². The van der Waals surface area contributed by atoms with Crippen LogP contribution in [-0.2, 0) is 17.9 Å². The van der Waals surface area contributed by atoms with E-state index in [9.17, 15) is 4.79 Å². The highest BCUT2D eigenvalue weighted by Gasteiger charge is 2.08. The molecule has 0 unspecified atom stereocenters. The van der Waals surface area contributed by atoms with Gasteiger partial charge >= 0.3 is 0 Å². The molecule has 7 nitrogen and oxygen atoms in total. The fourth-order valence-corrected chi connectivity index (χ4v) is 2.39. The molecule has 2 aromatic rings. The number of benzene rings is 1. The van der Waals surface area contributed by atoms with E-state index in [0.717, 1.165) is 11.3 Å². The summed E-state index contributed by atoms with van der Waals surface area (Å²) in [5.41, 5.74) is 1.02. The molecule has 0 fully saturated rings. The summed E-state index contributed by atoms with van der Waals surface area (Å²) in [6.45, 7) is 3.12. The Morgan fingerprint density at radius 1 is 1.38 bits per heavy atom. The van der Waals surface area contributed by atoms with Crippen LogP contribution in [0.1, 0.15) is 12.5 Å². The van der Waals surface area contributed by atoms with E-state index in [-0.39, 0.29) is 11.7 Å². The van der Waals surface area contributed by atoms with Gasteiger partial charge in [0.25, 0.3) is 0 Å². The normalized spacial score (nSPS) is 10.4.